The summed E-state index contributed by atoms with van der Waals surface area (Å²) in [5, 5.41) is 9.95. The van der Waals surface area contributed by atoms with Gasteiger partial charge in [0.2, 0.25) is 0 Å². The normalized spacial score (nSPS) is 13.3. The summed E-state index contributed by atoms with van der Waals surface area (Å²) in [7, 11) is 4.81. The molecule has 2 aliphatic heterocycles. The molecule has 22 nitrogen and oxygen atoms in total. The number of ether oxygens (including phenoxy) is 4. The van der Waals surface area contributed by atoms with E-state index in [-0.39, 0.29) is 155 Å². The fourth-order valence-corrected chi connectivity index (χ4v) is 5.98. The third kappa shape index (κ3) is 15.9. The molecule has 4 amide bonds. The van der Waals surface area contributed by atoms with Gasteiger partial charge in [-0.1, -0.05) is 72.8 Å². The second-order valence-electron chi connectivity index (χ2n) is 12.9. The van der Waals surface area contributed by atoms with Crippen LogP contribution in [0.1, 0.15) is 22.3 Å². The summed E-state index contributed by atoms with van der Waals surface area (Å²) in [5.41, 5.74) is 1.69. The zero-order valence-electron chi connectivity index (χ0n) is 36.7. The van der Waals surface area contributed by atoms with E-state index in [1.165, 1.54) is 52.7 Å². The Morgan fingerprint density at radius 1 is 0.377 bits per heavy atom. The van der Waals surface area contributed by atoms with Crippen LogP contribution in [0.5, 0.6) is 0 Å². The van der Waals surface area contributed by atoms with Gasteiger partial charge in [0.05, 0.1) is 77.4 Å². The van der Waals surface area contributed by atoms with Crippen molar-refractivity contribution in [3.05, 3.63) is 119 Å². The number of nitrogens with zero attached hydrogens (tertiary/aromatic N) is 4. The molecule has 2 heterocycles. The number of hydrogen-bond acceptors (Lipinski definition) is 16. The molecule has 0 aliphatic carbocycles. The van der Waals surface area contributed by atoms with Crippen LogP contribution >= 0.6 is 0 Å². The summed E-state index contributed by atoms with van der Waals surface area (Å²) in [4.78, 5) is 117. The molecule has 0 saturated heterocycles. The van der Waals surface area contributed by atoms with Crippen LogP contribution in [0, 0.1) is 0 Å². The van der Waals surface area contributed by atoms with E-state index in [9.17, 15) is 38.4 Å². The third-order valence-corrected chi connectivity index (χ3v) is 8.93. The van der Waals surface area contributed by atoms with Crippen LogP contribution in [0.25, 0.3) is 0 Å². The van der Waals surface area contributed by atoms with Gasteiger partial charge >= 0.3 is 47.5 Å². The van der Waals surface area contributed by atoms with Crippen molar-refractivity contribution in [2.75, 3.05) is 75.9 Å². The molecular formula is C44H44CoN8Ni2O14. The number of para-hydroxylation sites is 4. The van der Waals surface area contributed by atoms with E-state index >= 15 is 0 Å². The molecule has 0 aromatic heterocycles. The number of nitrogens with one attached hydrogen (secondary N) is 4. The molecule has 1 radical (unpaired) electrons. The fraction of sp³-hybridized carbons (Fsp3) is 0.182. The number of hydrogen-bond donors (Lipinski definition) is 4. The Hall–Kier alpha value is -7.27. The minimum absolute atomic E-state index is 0. The van der Waals surface area contributed by atoms with Crippen LogP contribution in [0.15, 0.2) is 117 Å². The predicted molar refractivity (Wildman–Crippen MR) is 241 cm³/mol. The molecule has 4 aromatic carbocycles. The number of amides is 4. The molecular weight excluding hydrogens is 1040 g/mol. The number of fused-ring (bicyclic) bond motifs is 4. The Bertz CT molecular complexity index is 2300. The number of aliphatic imine (C=N–C) groups is 4. The van der Waals surface area contributed by atoms with Crippen molar-refractivity contribution in [1.82, 2.24) is 0 Å². The molecule has 2 aliphatic rings. The van der Waals surface area contributed by atoms with Crippen LogP contribution in [0.2, 0.25) is 0 Å². The van der Waals surface area contributed by atoms with E-state index in [2.05, 4.69) is 41.2 Å². The van der Waals surface area contributed by atoms with E-state index in [4.69, 9.17) is 18.9 Å². The van der Waals surface area contributed by atoms with Gasteiger partial charge in [-0.05, 0) is 24.3 Å². The maximum absolute atomic E-state index is 12.6. The van der Waals surface area contributed by atoms with Gasteiger partial charge in [-0.3, -0.25) is 39.1 Å². The first-order valence-electron chi connectivity index (χ1n) is 19.1. The van der Waals surface area contributed by atoms with Crippen molar-refractivity contribution in [2.24, 2.45) is 20.0 Å². The average Bonchev–Trinajstić information content (AvgIpc) is 3.31. The number of carbonyl (C=O) groups is 8. The minimum atomic E-state index is -0.981. The molecule has 69 heavy (non-hydrogen) atoms. The number of rotatable bonds is 4. The zero-order chi connectivity index (χ0) is 46.2. The van der Waals surface area contributed by atoms with Crippen LogP contribution < -0.4 is 21.3 Å². The zero-order valence-corrected chi connectivity index (χ0v) is 39.7. The summed E-state index contributed by atoms with van der Waals surface area (Å²) in [6, 6.07) is 25.5. The maximum atomic E-state index is 12.6. The molecule has 0 unspecified atom stereocenters. The van der Waals surface area contributed by atoms with Crippen molar-refractivity contribution < 1.29 is 118 Å². The quantitative estimate of drug-likeness (QED) is 0.0953. The Morgan fingerprint density at radius 2 is 0.551 bits per heavy atom. The van der Waals surface area contributed by atoms with Gasteiger partial charge in [-0.15, -0.1) is 0 Å². The fourth-order valence-electron chi connectivity index (χ4n) is 5.98. The van der Waals surface area contributed by atoms with Gasteiger partial charge in [0, 0.05) is 72.0 Å². The van der Waals surface area contributed by atoms with E-state index < -0.39 is 47.5 Å². The van der Waals surface area contributed by atoms with Crippen molar-refractivity contribution in [3.8, 4) is 0 Å². The van der Waals surface area contributed by atoms with E-state index in [1.54, 1.807) is 72.8 Å². The predicted octanol–water partition coefficient (Wildman–Crippen LogP) is 0.746. The van der Waals surface area contributed by atoms with Gasteiger partial charge in [0.1, 0.15) is 0 Å². The Kier molecular flexibility index (Phi) is 27.0. The van der Waals surface area contributed by atoms with E-state index in [0.29, 0.717) is 0 Å². The van der Waals surface area contributed by atoms with Crippen molar-refractivity contribution in [1.29, 1.82) is 0 Å². The molecule has 6 rings (SSSR count). The molecule has 4 aromatic rings. The second-order valence-corrected chi connectivity index (χ2v) is 12.9. The maximum Gasteiger partial charge on any atom is 0.356 e. The van der Waals surface area contributed by atoms with Crippen LogP contribution in [-0.4, -0.2) is 136 Å². The summed E-state index contributed by atoms with van der Waals surface area (Å²) in [6.45, 7) is 0.174. The summed E-state index contributed by atoms with van der Waals surface area (Å²) >= 11 is 0. The standard InChI is InChI=1S/2C22H20N4O6.Co.2Ni.2H2O/c2*1-31-21(29)17-13-7-3-5-9-15(13)25-19(27)20(28)26-16-10-6-4-8-14(16)18(22(30)32-2)24-12-11-23-17;;;;;/h2*3-10H,11-12H2,1-2H3,(H,25,27)(H,26,28);;;;2*1H2. The number of anilines is 4. The monoisotopic (exact) mass is 1080 g/mol. The molecule has 0 bridgehead atoms. The van der Waals surface area contributed by atoms with Gasteiger partial charge < -0.3 is 51.2 Å². The molecule has 0 spiro atoms. The number of methoxy groups -OCH3 is 4. The van der Waals surface area contributed by atoms with Gasteiger partial charge in [-0.2, -0.15) is 0 Å². The Labute approximate surface area is 424 Å². The van der Waals surface area contributed by atoms with Gasteiger partial charge in [0.15, 0.2) is 22.8 Å². The third-order valence-electron chi connectivity index (χ3n) is 8.93. The van der Waals surface area contributed by atoms with Crippen LogP contribution in [0.4, 0.5) is 22.7 Å². The van der Waals surface area contributed by atoms with Crippen molar-refractivity contribution >= 4 is 93.1 Å². The molecule has 0 atom stereocenters. The summed E-state index contributed by atoms with van der Waals surface area (Å²) < 4.78 is 19.3. The summed E-state index contributed by atoms with van der Waals surface area (Å²) in [5.74, 6) is -6.85. The van der Waals surface area contributed by atoms with E-state index in [0.717, 1.165) is 0 Å². The number of benzene rings is 4. The smallest absolute Gasteiger partial charge is 0.356 e. The SMILES string of the molecule is COC(=O)C1=NCCN=C(C(=O)OC)c2ccccc2NC(=O)C(=O)Nc2ccccc21.COC(=O)C1=NCCN=C(C(=O)OC)c2ccccc2NC(=O)C(=O)Nc2ccccc21.O.O.[Co].[Ni].[Ni]. The Balaban J connectivity index is 0.00000125. The summed E-state index contributed by atoms with van der Waals surface area (Å²) in [6.07, 6.45) is 0. The Morgan fingerprint density at radius 3 is 0.725 bits per heavy atom. The van der Waals surface area contributed by atoms with Crippen LogP contribution in [-0.2, 0) is 107 Å². The van der Waals surface area contributed by atoms with Crippen molar-refractivity contribution in [2.45, 2.75) is 0 Å². The molecule has 0 fully saturated rings. The molecule has 25 heteroatoms. The van der Waals surface area contributed by atoms with E-state index in [1.807, 2.05) is 0 Å². The number of esters is 4. The first kappa shape index (κ1) is 61.7. The number of carbonyl (C=O) groups excluding carboxylic acids is 8. The molecule has 0 saturated carbocycles. The first-order chi connectivity index (χ1) is 30.9. The molecule has 373 valence electrons. The molecule has 8 N–H and O–H groups in total. The van der Waals surface area contributed by atoms with Crippen LogP contribution in [0.3, 0.4) is 0 Å². The van der Waals surface area contributed by atoms with Gasteiger partial charge in [0.25, 0.3) is 0 Å². The van der Waals surface area contributed by atoms with Crippen molar-refractivity contribution in [3.63, 3.8) is 0 Å². The second kappa shape index (κ2) is 30.2. The topological polar surface area (TPSA) is 334 Å². The average molecular weight is 1090 g/mol. The largest absolute Gasteiger partial charge is 0.464 e. The first-order valence-corrected chi connectivity index (χ1v) is 19.1. The van der Waals surface area contributed by atoms with Gasteiger partial charge in [-0.25, -0.2) is 19.2 Å². The minimum Gasteiger partial charge on any atom is -0.464 e.